The van der Waals surface area contributed by atoms with Gasteiger partial charge in [0.05, 0.1) is 11.4 Å². The number of rotatable bonds is 1. The molecule has 5 heteroatoms. The molecule has 0 aliphatic heterocycles. The maximum absolute atomic E-state index is 5.62. The second-order valence-corrected chi connectivity index (χ2v) is 3.58. The summed E-state index contributed by atoms with van der Waals surface area (Å²) in [5.41, 5.74) is -0.0896. The highest BCUT2D eigenvalue weighted by molar-refractivity contribution is 6.16. The maximum atomic E-state index is 5.62. The molecule has 1 rings (SSSR count). The summed E-state index contributed by atoms with van der Waals surface area (Å²) in [6.45, 7) is 6.08. The van der Waals surface area contributed by atoms with Crippen LogP contribution in [0.15, 0.2) is 0 Å². The maximum Gasteiger partial charge on any atom is 0.166 e. The Balaban J connectivity index is 3.02. The monoisotopic (exact) mass is 174 g/mol. The Labute approximate surface area is 70.5 Å². The van der Waals surface area contributed by atoms with Gasteiger partial charge in [-0.2, -0.15) is 0 Å². The first-order chi connectivity index (χ1) is 5.05. The van der Waals surface area contributed by atoms with E-state index in [0.29, 0.717) is 11.7 Å². The predicted octanol–water partition coefficient (Wildman–Crippen LogP) is 1.17. The Morgan fingerprint density at radius 2 is 2.09 bits per heavy atom. The summed E-state index contributed by atoms with van der Waals surface area (Å²) in [6, 6.07) is 0. The SMILES string of the molecule is CC(C)(C)n1nnnc1CCl. The van der Waals surface area contributed by atoms with Crippen molar-refractivity contribution in [2.24, 2.45) is 0 Å². The van der Waals surface area contributed by atoms with E-state index in [2.05, 4.69) is 15.5 Å². The molecule has 0 unspecified atom stereocenters. The van der Waals surface area contributed by atoms with Crippen LogP contribution in [0.3, 0.4) is 0 Å². The minimum atomic E-state index is -0.0896. The van der Waals surface area contributed by atoms with Crippen molar-refractivity contribution in [2.75, 3.05) is 0 Å². The number of tetrazole rings is 1. The fourth-order valence-corrected chi connectivity index (χ4v) is 0.977. The zero-order valence-electron chi connectivity index (χ0n) is 6.87. The fraction of sp³-hybridized carbons (Fsp3) is 0.833. The summed E-state index contributed by atoms with van der Waals surface area (Å²) in [5.74, 6) is 1.06. The average Bonchev–Trinajstić information content (AvgIpc) is 2.31. The van der Waals surface area contributed by atoms with Crippen LogP contribution in [0.4, 0.5) is 0 Å². The van der Waals surface area contributed by atoms with Crippen molar-refractivity contribution in [2.45, 2.75) is 32.2 Å². The molecule has 0 aliphatic rings. The topological polar surface area (TPSA) is 43.6 Å². The van der Waals surface area contributed by atoms with Gasteiger partial charge in [-0.3, -0.25) is 0 Å². The summed E-state index contributed by atoms with van der Waals surface area (Å²) in [4.78, 5) is 0. The largest absolute Gasteiger partial charge is 0.223 e. The average molecular weight is 175 g/mol. The van der Waals surface area contributed by atoms with E-state index in [9.17, 15) is 0 Å². The van der Waals surface area contributed by atoms with Gasteiger partial charge >= 0.3 is 0 Å². The Kier molecular flexibility index (Phi) is 2.13. The van der Waals surface area contributed by atoms with Crippen LogP contribution in [-0.4, -0.2) is 20.2 Å². The summed E-state index contributed by atoms with van der Waals surface area (Å²) in [7, 11) is 0. The van der Waals surface area contributed by atoms with Crippen molar-refractivity contribution in [1.29, 1.82) is 0 Å². The molecular weight excluding hydrogens is 164 g/mol. The normalized spacial score (nSPS) is 12.0. The van der Waals surface area contributed by atoms with E-state index in [0.717, 1.165) is 0 Å². The van der Waals surface area contributed by atoms with E-state index in [4.69, 9.17) is 11.6 Å². The van der Waals surface area contributed by atoms with E-state index in [1.165, 1.54) is 0 Å². The molecule has 0 radical (unpaired) electrons. The van der Waals surface area contributed by atoms with Crippen LogP contribution in [-0.2, 0) is 11.4 Å². The van der Waals surface area contributed by atoms with Crippen molar-refractivity contribution in [3.05, 3.63) is 5.82 Å². The van der Waals surface area contributed by atoms with E-state index in [-0.39, 0.29) is 5.54 Å². The highest BCUT2D eigenvalue weighted by Gasteiger charge is 2.18. The first-order valence-corrected chi connectivity index (χ1v) is 3.93. The Morgan fingerprint density at radius 3 is 2.45 bits per heavy atom. The Bertz CT molecular complexity index is 237. The lowest BCUT2D eigenvalue weighted by Gasteiger charge is -2.18. The number of aromatic nitrogens is 4. The summed E-state index contributed by atoms with van der Waals surface area (Å²) >= 11 is 5.62. The minimum absolute atomic E-state index is 0.0896. The molecule has 0 atom stereocenters. The number of hydrogen-bond acceptors (Lipinski definition) is 3. The van der Waals surface area contributed by atoms with E-state index >= 15 is 0 Å². The van der Waals surface area contributed by atoms with Crippen LogP contribution in [0.25, 0.3) is 0 Å². The number of alkyl halides is 1. The molecule has 0 N–H and O–H groups in total. The first-order valence-electron chi connectivity index (χ1n) is 3.39. The van der Waals surface area contributed by atoms with E-state index < -0.39 is 0 Å². The minimum Gasteiger partial charge on any atom is -0.223 e. The molecule has 0 aromatic carbocycles. The van der Waals surface area contributed by atoms with Gasteiger partial charge in [-0.1, -0.05) is 0 Å². The molecule has 0 aliphatic carbocycles. The van der Waals surface area contributed by atoms with E-state index in [1.54, 1.807) is 4.68 Å². The van der Waals surface area contributed by atoms with Crippen molar-refractivity contribution in [1.82, 2.24) is 20.2 Å². The Morgan fingerprint density at radius 1 is 1.45 bits per heavy atom. The second-order valence-electron chi connectivity index (χ2n) is 3.31. The van der Waals surface area contributed by atoms with Gasteiger partial charge in [0.25, 0.3) is 0 Å². The van der Waals surface area contributed by atoms with Gasteiger partial charge in [0.1, 0.15) is 0 Å². The van der Waals surface area contributed by atoms with Gasteiger partial charge < -0.3 is 0 Å². The number of hydrogen-bond donors (Lipinski definition) is 0. The third-order valence-electron chi connectivity index (χ3n) is 1.29. The van der Waals surface area contributed by atoms with E-state index in [1.807, 2.05) is 20.8 Å². The molecule has 0 saturated heterocycles. The van der Waals surface area contributed by atoms with Crippen LogP contribution in [0.1, 0.15) is 26.6 Å². The third-order valence-corrected chi connectivity index (χ3v) is 1.53. The summed E-state index contributed by atoms with van der Waals surface area (Å²) in [6.07, 6.45) is 0. The zero-order chi connectivity index (χ0) is 8.48. The van der Waals surface area contributed by atoms with Crippen LogP contribution in [0.5, 0.6) is 0 Å². The molecule has 4 nitrogen and oxygen atoms in total. The zero-order valence-corrected chi connectivity index (χ0v) is 7.63. The second kappa shape index (κ2) is 2.77. The Hall–Kier alpha value is -0.640. The van der Waals surface area contributed by atoms with Gasteiger partial charge in [-0.05, 0) is 31.2 Å². The highest BCUT2D eigenvalue weighted by Crippen LogP contribution is 2.13. The molecule has 1 aromatic heterocycles. The van der Waals surface area contributed by atoms with Crippen molar-refractivity contribution in [3.63, 3.8) is 0 Å². The van der Waals surface area contributed by atoms with Crippen LogP contribution < -0.4 is 0 Å². The smallest absolute Gasteiger partial charge is 0.166 e. The molecule has 11 heavy (non-hydrogen) atoms. The quantitative estimate of drug-likeness (QED) is 0.601. The highest BCUT2D eigenvalue weighted by atomic mass is 35.5. The van der Waals surface area contributed by atoms with Gasteiger partial charge in [0.2, 0.25) is 0 Å². The van der Waals surface area contributed by atoms with Crippen LogP contribution in [0, 0.1) is 0 Å². The molecule has 0 fully saturated rings. The molecule has 62 valence electrons. The lowest BCUT2D eigenvalue weighted by atomic mass is 10.1. The summed E-state index contributed by atoms with van der Waals surface area (Å²) in [5, 5.41) is 11.1. The molecule has 0 saturated carbocycles. The summed E-state index contributed by atoms with van der Waals surface area (Å²) < 4.78 is 1.72. The van der Waals surface area contributed by atoms with Crippen molar-refractivity contribution >= 4 is 11.6 Å². The molecular formula is C6H11ClN4. The molecule has 1 heterocycles. The van der Waals surface area contributed by atoms with Crippen LogP contribution >= 0.6 is 11.6 Å². The third kappa shape index (κ3) is 1.68. The van der Waals surface area contributed by atoms with Gasteiger partial charge in [0, 0.05) is 0 Å². The predicted molar refractivity (Wildman–Crippen MR) is 42.4 cm³/mol. The fourth-order valence-electron chi connectivity index (χ4n) is 0.810. The lowest BCUT2D eigenvalue weighted by molar-refractivity contribution is 0.338. The van der Waals surface area contributed by atoms with Gasteiger partial charge in [0.15, 0.2) is 5.82 Å². The molecule has 0 bridgehead atoms. The molecule has 0 amide bonds. The van der Waals surface area contributed by atoms with Crippen molar-refractivity contribution in [3.8, 4) is 0 Å². The standard InChI is InChI=1S/C6H11ClN4/c1-6(2,3)11-5(4-7)8-9-10-11/h4H2,1-3H3. The lowest BCUT2D eigenvalue weighted by Crippen LogP contribution is -2.25. The van der Waals surface area contributed by atoms with Gasteiger partial charge in [-0.15, -0.1) is 16.7 Å². The number of halogens is 1. The number of nitrogens with zero attached hydrogens (tertiary/aromatic N) is 4. The first kappa shape index (κ1) is 8.46. The molecule has 0 spiro atoms. The van der Waals surface area contributed by atoms with Crippen LogP contribution in [0.2, 0.25) is 0 Å². The van der Waals surface area contributed by atoms with Gasteiger partial charge in [-0.25, -0.2) is 4.68 Å². The van der Waals surface area contributed by atoms with Crippen molar-refractivity contribution < 1.29 is 0 Å². The molecule has 1 aromatic rings.